The number of aromatic nitrogens is 2. The van der Waals surface area contributed by atoms with Crippen LogP contribution < -0.4 is 20.8 Å². The van der Waals surface area contributed by atoms with Gasteiger partial charge >= 0.3 is 0 Å². The molecule has 0 saturated carbocycles. The lowest BCUT2D eigenvalue weighted by molar-refractivity contribution is 0.0958. The molecule has 0 aliphatic carbocycles. The third kappa shape index (κ3) is 4.65. The number of para-hydroxylation sites is 1. The van der Waals surface area contributed by atoms with Crippen molar-refractivity contribution in [3.05, 3.63) is 71.3 Å². The molecule has 1 heterocycles. The minimum Gasteiger partial charge on any atom is -0.486 e. The molecule has 6 nitrogen and oxygen atoms in total. The molecule has 1 amide bonds. The average molecular weight is 398 g/mol. The second-order valence-electron chi connectivity index (χ2n) is 5.84. The van der Waals surface area contributed by atoms with Crippen LogP contribution in [0.4, 0.5) is 24.8 Å². The number of carbonyl (C=O) groups excluding carboxylic acids is 1. The van der Waals surface area contributed by atoms with Crippen molar-refractivity contribution < 1.29 is 22.7 Å². The molecule has 2 N–H and O–H groups in total. The Morgan fingerprint density at radius 3 is 2.55 bits per heavy atom. The van der Waals surface area contributed by atoms with E-state index in [1.54, 1.807) is 24.3 Å². The third-order valence-electron chi connectivity index (χ3n) is 3.86. The van der Waals surface area contributed by atoms with Gasteiger partial charge in [-0.05, 0) is 12.1 Å². The van der Waals surface area contributed by atoms with Gasteiger partial charge in [-0.3, -0.25) is 4.79 Å². The first-order chi connectivity index (χ1) is 13.9. The van der Waals surface area contributed by atoms with E-state index in [0.717, 1.165) is 12.1 Å². The van der Waals surface area contributed by atoms with Gasteiger partial charge in [0.25, 0.3) is 5.91 Å². The van der Waals surface area contributed by atoms with E-state index in [1.807, 2.05) is 0 Å². The van der Waals surface area contributed by atoms with Gasteiger partial charge in [-0.1, -0.05) is 17.6 Å². The van der Waals surface area contributed by atoms with E-state index >= 15 is 0 Å². The van der Waals surface area contributed by atoms with Crippen LogP contribution in [0.15, 0.2) is 42.6 Å². The summed E-state index contributed by atoms with van der Waals surface area (Å²) in [7, 11) is 7.36. The molecule has 29 heavy (non-hydrogen) atoms. The van der Waals surface area contributed by atoms with Gasteiger partial charge in [0, 0.05) is 31.1 Å². The lowest BCUT2D eigenvalue weighted by atomic mass is 9.96. The van der Waals surface area contributed by atoms with Gasteiger partial charge in [0.15, 0.2) is 17.5 Å². The minimum atomic E-state index is -1.57. The monoisotopic (exact) mass is 398 g/mol. The Balaban J connectivity index is 1.79. The number of amides is 1. The molecule has 10 heteroatoms. The van der Waals surface area contributed by atoms with Crippen LogP contribution in [0, 0.1) is 17.5 Å². The largest absolute Gasteiger partial charge is 0.486 e. The summed E-state index contributed by atoms with van der Waals surface area (Å²) >= 11 is 0. The molecular formula is C19H14BF3N4O2. The molecule has 0 aliphatic heterocycles. The fourth-order valence-corrected chi connectivity index (χ4v) is 2.42. The highest BCUT2D eigenvalue weighted by Gasteiger charge is 2.13. The Morgan fingerprint density at radius 1 is 1.17 bits per heavy atom. The number of carbonyl (C=O) groups is 1. The average Bonchev–Trinajstić information content (AvgIpc) is 2.72. The second-order valence-corrected chi connectivity index (χ2v) is 5.84. The molecule has 2 radical (unpaired) electrons. The molecular weight excluding hydrogens is 384 g/mol. The van der Waals surface area contributed by atoms with Crippen molar-refractivity contribution in [1.82, 2.24) is 15.3 Å². The molecule has 1 aromatic heterocycles. The quantitative estimate of drug-likeness (QED) is 0.493. The maximum atomic E-state index is 13.4. The number of halogens is 3. The molecule has 0 atom stereocenters. The first-order valence-corrected chi connectivity index (χ1v) is 8.36. The van der Waals surface area contributed by atoms with E-state index < -0.39 is 17.5 Å². The molecule has 0 spiro atoms. The smallest absolute Gasteiger partial charge is 0.254 e. The number of hydrogen-bond donors (Lipinski definition) is 2. The Morgan fingerprint density at radius 2 is 1.86 bits per heavy atom. The fraction of sp³-hybridized carbons (Fsp3) is 0.105. The third-order valence-corrected chi connectivity index (χ3v) is 3.86. The number of rotatable bonds is 6. The maximum Gasteiger partial charge on any atom is 0.254 e. The lowest BCUT2D eigenvalue weighted by Gasteiger charge is -2.13. The van der Waals surface area contributed by atoms with Gasteiger partial charge in [0.05, 0.1) is 11.3 Å². The van der Waals surface area contributed by atoms with Crippen LogP contribution in [0.2, 0.25) is 0 Å². The first kappa shape index (κ1) is 20.2. The summed E-state index contributed by atoms with van der Waals surface area (Å²) in [5.41, 5.74) is 0.739. The van der Waals surface area contributed by atoms with Gasteiger partial charge in [0.2, 0.25) is 5.95 Å². The fourth-order valence-electron chi connectivity index (χ4n) is 2.42. The molecule has 0 unspecified atom stereocenters. The van der Waals surface area contributed by atoms with E-state index in [-0.39, 0.29) is 35.3 Å². The Bertz CT molecular complexity index is 1040. The van der Waals surface area contributed by atoms with Crippen LogP contribution in [0.3, 0.4) is 0 Å². The highest BCUT2D eigenvalue weighted by molar-refractivity contribution is 6.32. The number of nitrogens with zero attached hydrogens (tertiary/aromatic N) is 2. The molecule has 3 aromatic rings. The Kier molecular flexibility index (Phi) is 6.01. The second kappa shape index (κ2) is 8.64. The SMILES string of the molecule is [B]c1cnc(Nc2cc(F)c(F)c(F)c2)nc1COc1ccccc1C(=O)NC. The molecule has 0 aliphatic rings. The number of hydrogen-bond acceptors (Lipinski definition) is 5. The van der Waals surface area contributed by atoms with Crippen molar-refractivity contribution in [2.24, 2.45) is 0 Å². The van der Waals surface area contributed by atoms with Crippen LogP contribution in [-0.4, -0.2) is 30.8 Å². The molecule has 146 valence electrons. The summed E-state index contributed by atoms with van der Waals surface area (Å²) in [4.78, 5) is 20.0. The van der Waals surface area contributed by atoms with E-state index in [9.17, 15) is 18.0 Å². The molecule has 0 saturated heterocycles. The van der Waals surface area contributed by atoms with Crippen LogP contribution in [0.25, 0.3) is 0 Å². The molecule has 2 aromatic carbocycles. The van der Waals surface area contributed by atoms with Crippen LogP contribution in [0.1, 0.15) is 16.1 Å². The van der Waals surface area contributed by atoms with E-state index in [4.69, 9.17) is 12.6 Å². The first-order valence-electron chi connectivity index (χ1n) is 8.36. The minimum absolute atomic E-state index is 0.0252. The van der Waals surface area contributed by atoms with Crippen molar-refractivity contribution in [3.8, 4) is 5.75 Å². The van der Waals surface area contributed by atoms with Crippen LogP contribution >= 0.6 is 0 Å². The number of benzene rings is 2. The van der Waals surface area contributed by atoms with Crippen molar-refractivity contribution in [3.63, 3.8) is 0 Å². The zero-order valence-corrected chi connectivity index (χ0v) is 15.2. The van der Waals surface area contributed by atoms with E-state index in [0.29, 0.717) is 11.3 Å². The van der Waals surface area contributed by atoms with Crippen molar-refractivity contribution >= 4 is 30.9 Å². The number of ether oxygens (including phenoxy) is 1. The molecule has 3 rings (SSSR count). The molecule has 0 bridgehead atoms. The highest BCUT2D eigenvalue weighted by Crippen LogP contribution is 2.21. The predicted molar refractivity (Wildman–Crippen MR) is 101 cm³/mol. The topological polar surface area (TPSA) is 76.1 Å². The summed E-state index contributed by atoms with van der Waals surface area (Å²) in [6.45, 7) is -0.0941. The van der Waals surface area contributed by atoms with E-state index in [2.05, 4.69) is 20.6 Å². The van der Waals surface area contributed by atoms with Crippen LogP contribution in [0.5, 0.6) is 5.75 Å². The zero-order valence-electron chi connectivity index (χ0n) is 15.2. The Labute approximate surface area is 165 Å². The lowest BCUT2D eigenvalue weighted by Crippen LogP contribution is -2.20. The van der Waals surface area contributed by atoms with Gasteiger partial charge in [-0.2, -0.15) is 0 Å². The van der Waals surface area contributed by atoms with Crippen molar-refractivity contribution in [2.75, 3.05) is 12.4 Å². The highest BCUT2D eigenvalue weighted by atomic mass is 19.2. The summed E-state index contributed by atoms with van der Waals surface area (Å²) in [5, 5.41) is 5.09. The van der Waals surface area contributed by atoms with Crippen LogP contribution in [-0.2, 0) is 6.61 Å². The van der Waals surface area contributed by atoms with Crippen molar-refractivity contribution in [1.29, 1.82) is 0 Å². The van der Waals surface area contributed by atoms with Gasteiger partial charge in [-0.25, -0.2) is 23.1 Å². The van der Waals surface area contributed by atoms with Gasteiger partial charge in [0.1, 0.15) is 20.2 Å². The normalized spacial score (nSPS) is 10.5. The maximum absolute atomic E-state index is 13.4. The zero-order chi connectivity index (χ0) is 21.0. The Hall–Kier alpha value is -3.56. The standard InChI is InChI=1S/C19H14BF3N4O2/c1-24-18(28)11-4-2-3-5-16(11)29-9-15-12(20)8-25-19(27-15)26-10-6-13(21)17(23)14(22)7-10/h2-8H,9H2,1H3,(H,24,28)(H,25,26,27). The summed E-state index contributed by atoms with van der Waals surface area (Å²) in [6.07, 6.45) is 1.29. The van der Waals surface area contributed by atoms with E-state index in [1.165, 1.54) is 13.2 Å². The molecule has 0 fully saturated rings. The summed E-state index contributed by atoms with van der Waals surface area (Å²) in [5.74, 6) is -4.30. The van der Waals surface area contributed by atoms with Gasteiger partial charge in [-0.15, -0.1) is 0 Å². The van der Waals surface area contributed by atoms with Crippen molar-refractivity contribution in [2.45, 2.75) is 6.61 Å². The summed E-state index contributed by atoms with van der Waals surface area (Å²) in [6, 6.07) is 8.16. The predicted octanol–water partition coefficient (Wildman–Crippen LogP) is 2.37. The van der Waals surface area contributed by atoms with Gasteiger partial charge < -0.3 is 15.4 Å². The summed E-state index contributed by atoms with van der Waals surface area (Å²) < 4.78 is 45.4. The number of nitrogens with one attached hydrogen (secondary N) is 2. The number of anilines is 2.